The third-order valence-electron chi connectivity index (χ3n) is 5.98. The van der Waals surface area contributed by atoms with Gasteiger partial charge in [-0.15, -0.1) is 11.3 Å². The van der Waals surface area contributed by atoms with Crippen LogP contribution in [0.25, 0.3) is 0 Å². The molecule has 5 nitrogen and oxygen atoms in total. The van der Waals surface area contributed by atoms with Crippen molar-refractivity contribution < 1.29 is 9.53 Å². The van der Waals surface area contributed by atoms with Gasteiger partial charge in [-0.3, -0.25) is 0 Å². The quantitative estimate of drug-likeness (QED) is 0.920. The fraction of sp³-hybridized carbons (Fsp3) is 0.765. The summed E-state index contributed by atoms with van der Waals surface area (Å²) in [6.07, 6.45) is 8.09. The lowest BCUT2D eigenvalue weighted by atomic mass is 9.46. The predicted octanol–water partition coefficient (Wildman–Crippen LogP) is 2.80. The van der Waals surface area contributed by atoms with Crippen LogP contribution < -0.4 is 5.32 Å². The minimum absolute atomic E-state index is 0.0277. The smallest absolute Gasteiger partial charge is 0.317 e. The van der Waals surface area contributed by atoms with Crippen LogP contribution in [0, 0.1) is 11.3 Å². The van der Waals surface area contributed by atoms with Crippen molar-refractivity contribution in [3.63, 3.8) is 0 Å². The normalized spacial score (nSPS) is 30.4. The molecule has 3 aliphatic rings. The summed E-state index contributed by atoms with van der Waals surface area (Å²) in [5, 5.41) is 4.31. The number of carbonyl (C=O) groups excluding carboxylic acids is 1. The third-order valence-corrected chi connectivity index (χ3v) is 7.11. The van der Waals surface area contributed by atoms with E-state index >= 15 is 0 Å². The summed E-state index contributed by atoms with van der Waals surface area (Å²) < 4.78 is 5.92. The largest absolute Gasteiger partial charge is 0.377 e. The van der Waals surface area contributed by atoms with Gasteiger partial charge in [0.1, 0.15) is 5.01 Å². The predicted molar refractivity (Wildman–Crippen MR) is 89.4 cm³/mol. The molecule has 0 aromatic carbocycles. The lowest BCUT2D eigenvalue weighted by molar-refractivity contribution is -0.172. The molecule has 2 heterocycles. The summed E-state index contributed by atoms with van der Waals surface area (Å²) in [4.78, 5) is 20.0. The molecule has 0 radical (unpaired) electrons. The van der Waals surface area contributed by atoms with E-state index in [9.17, 15) is 4.79 Å². The minimum Gasteiger partial charge on any atom is -0.377 e. The van der Waals surface area contributed by atoms with Gasteiger partial charge < -0.3 is 15.0 Å². The van der Waals surface area contributed by atoms with Gasteiger partial charge in [-0.05, 0) is 25.7 Å². The molecule has 2 amide bonds. The number of hydrogen-bond acceptors (Lipinski definition) is 4. The highest BCUT2D eigenvalue weighted by atomic mass is 32.1. The summed E-state index contributed by atoms with van der Waals surface area (Å²) in [5.41, 5.74) is 0.244. The standard InChI is InChI=1S/C17H25N3O2S/c1-3-11-9-18-13(23-11)10-20(2)16(21)19-14-12-5-8-22-15(12)17(14)6-4-7-17/h9,12,14-15H,3-8,10H2,1-2H3,(H,19,21)/t12-,14+,15+/m0/s1. The zero-order valence-corrected chi connectivity index (χ0v) is 14.7. The van der Waals surface area contributed by atoms with Crippen molar-refractivity contribution in [2.75, 3.05) is 13.7 Å². The Morgan fingerprint density at radius 1 is 1.57 bits per heavy atom. The van der Waals surface area contributed by atoms with Crippen LogP contribution in [-0.4, -0.2) is 41.7 Å². The first-order chi connectivity index (χ1) is 11.1. The van der Waals surface area contributed by atoms with Gasteiger partial charge in [0, 0.05) is 42.1 Å². The van der Waals surface area contributed by atoms with Crippen LogP contribution in [0.15, 0.2) is 6.20 Å². The monoisotopic (exact) mass is 335 g/mol. The second kappa shape index (κ2) is 5.74. The first kappa shape index (κ1) is 15.4. The molecule has 1 aromatic rings. The third kappa shape index (κ3) is 2.38. The molecule has 1 spiro atoms. The second-order valence-corrected chi connectivity index (χ2v) is 8.39. The van der Waals surface area contributed by atoms with Gasteiger partial charge in [-0.2, -0.15) is 0 Å². The number of nitrogens with zero attached hydrogens (tertiary/aromatic N) is 2. The fourth-order valence-corrected chi connectivity index (χ4v) is 5.47. The number of carbonyl (C=O) groups is 1. The molecule has 3 fully saturated rings. The molecular formula is C17H25N3O2S. The molecule has 2 saturated carbocycles. The summed E-state index contributed by atoms with van der Waals surface area (Å²) in [7, 11) is 1.86. The van der Waals surface area contributed by atoms with E-state index in [4.69, 9.17) is 4.74 Å². The average molecular weight is 335 g/mol. The summed E-state index contributed by atoms with van der Waals surface area (Å²) in [6, 6.07) is 0.334. The lowest BCUT2D eigenvalue weighted by Crippen LogP contribution is -2.72. The molecule has 0 unspecified atom stereocenters. The van der Waals surface area contributed by atoms with E-state index in [0.717, 1.165) is 24.5 Å². The van der Waals surface area contributed by atoms with Crippen LogP contribution in [0.4, 0.5) is 4.79 Å². The van der Waals surface area contributed by atoms with Crippen molar-refractivity contribution in [1.82, 2.24) is 15.2 Å². The number of rotatable bonds is 4. The first-order valence-corrected chi connectivity index (χ1v) is 9.52. The van der Waals surface area contributed by atoms with Crippen LogP contribution in [0.5, 0.6) is 0 Å². The Morgan fingerprint density at radius 2 is 2.39 bits per heavy atom. The molecule has 1 saturated heterocycles. The van der Waals surface area contributed by atoms with E-state index in [1.807, 2.05) is 13.2 Å². The van der Waals surface area contributed by atoms with Crippen molar-refractivity contribution in [3.05, 3.63) is 16.1 Å². The zero-order chi connectivity index (χ0) is 16.0. The Bertz CT molecular complexity index is 598. The van der Waals surface area contributed by atoms with Crippen LogP contribution >= 0.6 is 11.3 Å². The van der Waals surface area contributed by atoms with E-state index in [0.29, 0.717) is 24.6 Å². The van der Waals surface area contributed by atoms with Crippen molar-refractivity contribution in [3.8, 4) is 0 Å². The average Bonchev–Trinajstić information content (AvgIpc) is 3.10. The van der Waals surface area contributed by atoms with Crippen molar-refractivity contribution in [2.45, 2.75) is 57.7 Å². The molecule has 126 valence electrons. The number of aromatic nitrogens is 1. The van der Waals surface area contributed by atoms with E-state index in [-0.39, 0.29) is 11.4 Å². The highest BCUT2D eigenvalue weighted by Gasteiger charge is 2.67. The van der Waals surface area contributed by atoms with Gasteiger partial charge in [-0.25, -0.2) is 9.78 Å². The Hall–Kier alpha value is -1.14. The maximum Gasteiger partial charge on any atom is 0.317 e. The van der Waals surface area contributed by atoms with E-state index in [2.05, 4.69) is 17.2 Å². The number of aryl methyl sites for hydroxylation is 1. The summed E-state index contributed by atoms with van der Waals surface area (Å²) in [5.74, 6) is 0.527. The minimum atomic E-state index is 0.0277. The Labute approximate surface area is 141 Å². The van der Waals surface area contributed by atoms with Crippen molar-refractivity contribution in [1.29, 1.82) is 0 Å². The van der Waals surface area contributed by atoms with Crippen LogP contribution in [0.1, 0.15) is 42.5 Å². The SMILES string of the molecule is CCc1cnc(CN(C)C(=O)N[C@@H]2[C@@H]3CCO[C@H]3C23CCC3)s1. The Balaban J connectivity index is 1.37. The van der Waals surface area contributed by atoms with Crippen LogP contribution in [0.3, 0.4) is 0 Å². The van der Waals surface area contributed by atoms with E-state index < -0.39 is 0 Å². The van der Waals surface area contributed by atoms with Gasteiger partial charge in [0.2, 0.25) is 0 Å². The molecule has 1 aliphatic heterocycles. The first-order valence-electron chi connectivity index (χ1n) is 8.71. The molecule has 4 rings (SSSR count). The zero-order valence-electron chi connectivity index (χ0n) is 13.9. The van der Waals surface area contributed by atoms with Crippen LogP contribution in [-0.2, 0) is 17.7 Å². The highest BCUT2D eigenvalue weighted by Crippen LogP contribution is 2.62. The summed E-state index contributed by atoms with van der Waals surface area (Å²) in [6.45, 7) is 3.57. The number of nitrogens with one attached hydrogen (secondary N) is 1. The maximum atomic E-state index is 12.6. The number of hydrogen-bond donors (Lipinski definition) is 1. The molecule has 0 bridgehead atoms. The number of thiazole rings is 1. The molecule has 3 atom stereocenters. The molecule has 1 N–H and O–H groups in total. The van der Waals surface area contributed by atoms with Gasteiger partial charge in [0.15, 0.2) is 0 Å². The molecule has 23 heavy (non-hydrogen) atoms. The highest BCUT2D eigenvalue weighted by molar-refractivity contribution is 7.11. The van der Waals surface area contributed by atoms with E-state index in [1.54, 1.807) is 16.2 Å². The Morgan fingerprint density at radius 3 is 3.04 bits per heavy atom. The van der Waals surface area contributed by atoms with Crippen LogP contribution in [0.2, 0.25) is 0 Å². The van der Waals surface area contributed by atoms with Gasteiger partial charge >= 0.3 is 6.03 Å². The summed E-state index contributed by atoms with van der Waals surface area (Å²) >= 11 is 1.70. The molecular weight excluding hydrogens is 310 g/mol. The van der Waals surface area contributed by atoms with E-state index in [1.165, 1.54) is 24.1 Å². The second-order valence-electron chi connectivity index (χ2n) is 7.19. The fourth-order valence-electron chi connectivity index (χ4n) is 4.56. The Kier molecular flexibility index (Phi) is 3.84. The number of fused-ring (bicyclic) bond motifs is 2. The number of amides is 2. The van der Waals surface area contributed by atoms with Crippen molar-refractivity contribution in [2.24, 2.45) is 11.3 Å². The maximum absolute atomic E-state index is 12.6. The van der Waals surface area contributed by atoms with Gasteiger partial charge in [-0.1, -0.05) is 13.3 Å². The molecule has 1 aromatic heterocycles. The number of urea groups is 1. The molecule has 2 aliphatic carbocycles. The lowest BCUT2D eigenvalue weighted by Gasteiger charge is -2.63. The topological polar surface area (TPSA) is 54.5 Å². The van der Waals surface area contributed by atoms with Crippen molar-refractivity contribution >= 4 is 17.4 Å². The van der Waals surface area contributed by atoms with Gasteiger partial charge in [0.25, 0.3) is 0 Å². The van der Waals surface area contributed by atoms with Gasteiger partial charge in [0.05, 0.1) is 12.6 Å². The number of ether oxygens (including phenoxy) is 1. The molecule has 6 heteroatoms.